The molecule has 2 aromatic heterocycles. The summed E-state index contributed by atoms with van der Waals surface area (Å²) < 4.78 is 2.38. The van der Waals surface area contributed by atoms with E-state index in [4.69, 9.17) is 15.0 Å². The van der Waals surface area contributed by atoms with Crippen LogP contribution in [0, 0.1) is 0 Å². The maximum atomic E-state index is 5.04. The lowest BCUT2D eigenvalue weighted by Crippen LogP contribution is -2.10. The molecule has 5 heteroatoms. The van der Waals surface area contributed by atoms with Gasteiger partial charge in [-0.05, 0) is 140 Å². The summed E-state index contributed by atoms with van der Waals surface area (Å²) in [5.74, 6) is 1.89. The molecule has 14 rings (SSSR count). The third kappa shape index (κ3) is 9.75. The lowest BCUT2D eigenvalue weighted by molar-refractivity contribution is 1.04. The van der Waals surface area contributed by atoms with Gasteiger partial charge in [-0.3, -0.25) is 0 Å². The van der Waals surface area contributed by atoms with Crippen molar-refractivity contribution in [3.63, 3.8) is 0 Å². The van der Waals surface area contributed by atoms with Crippen LogP contribution in [-0.2, 0) is 12.8 Å². The van der Waals surface area contributed by atoms with Gasteiger partial charge in [-0.2, -0.15) is 0 Å². The lowest BCUT2D eigenvalue weighted by atomic mass is 9.94. The third-order valence-corrected chi connectivity index (χ3v) is 15.1. The summed E-state index contributed by atoms with van der Waals surface area (Å²) in [6.45, 7) is 8.41. The molecular weight excluding hydrogens is 971 g/mol. The van der Waals surface area contributed by atoms with Gasteiger partial charge < -0.3 is 9.47 Å². The van der Waals surface area contributed by atoms with Crippen molar-refractivity contribution < 1.29 is 0 Å². The molecule has 0 aliphatic heterocycles. The zero-order valence-corrected chi connectivity index (χ0v) is 45.6. The van der Waals surface area contributed by atoms with Gasteiger partial charge in [0.1, 0.15) is 0 Å². The second-order valence-electron chi connectivity index (χ2n) is 19.7. The van der Waals surface area contributed by atoms with Crippen LogP contribution < -0.4 is 4.90 Å². The standard InChI is InChI=1S/C63H41N5.C10H14.C2H6/c1-4-17-43(18-5-1)61-64-62(44-19-6-2-7-20-44)66-63(65-61)45-33-37-48(38-34-45)67(49-39-40-55-53-25-11-10-23-51(53)52-24-12-13-26-54(52)57(55)41-49)47-35-31-42(32-36-47)50-28-16-30-59-60(50)56-27-14-15-29-58(56)68(59)46-21-8-3-9-22-46;1-3-9-7-5-6-8-10(9)4-2;1-2/h1-41H;5-8H,3-4H2,1-2H3;1-2H3. The number of para-hydroxylation sites is 2. The fourth-order valence-corrected chi connectivity index (χ4v) is 11.3. The minimum absolute atomic E-state index is 0.618. The summed E-state index contributed by atoms with van der Waals surface area (Å²) in [5.41, 5.74) is 14.7. The number of benzene rings is 12. The van der Waals surface area contributed by atoms with Crippen LogP contribution in [-0.4, -0.2) is 19.5 Å². The van der Waals surface area contributed by atoms with Crippen LogP contribution in [0.3, 0.4) is 0 Å². The zero-order valence-electron chi connectivity index (χ0n) is 45.6. The number of hydrogen-bond acceptors (Lipinski definition) is 4. The molecule has 0 aliphatic carbocycles. The molecular formula is C75H61N5. The van der Waals surface area contributed by atoms with E-state index in [9.17, 15) is 0 Å². The predicted molar refractivity (Wildman–Crippen MR) is 340 cm³/mol. The van der Waals surface area contributed by atoms with Gasteiger partial charge in [0.2, 0.25) is 0 Å². The smallest absolute Gasteiger partial charge is 0.164 e. The second kappa shape index (κ2) is 22.9. The first-order chi connectivity index (χ1) is 39.6. The molecule has 0 spiro atoms. The van der Waals surface area contributed by atoms with E-state index in [1.165, 1.54) is 70.8 Å². The summed E-state index contributed by atoms with van der Waals surface area (Å²) in [6.07, 6.45) is 2.31. The van der Waals surface area contributed by atoms with E-state index in [0.29, 0.717) is 17.5 Å². The van der Waals surface area contributed by atoms with Crippen molar-refractivity contribution in [3.8, 4) is 51.0 Å². The Balaban J connectivity index is 0.000000478. The van der Waals surface area contributed by atoms with Gasteiger partial charge in [0, 0.05) is 50.2 Å². The molecule has 14 aromatic rings. The monoisotopic (exact) mass is 1030 g/mol. The molecule has 386 valence electrons. The number of fused-ring (bicyclic) bond motifs is 9. The van der Waals surface area contributed by atoms with Crippen LogP contribution in [0.15, 0.2) is 273 Å². The van der Waals surface area contributed by atoms with Crippen molar-refractivity contribution in [2.45, 2.75) is 40.5 Å². The molecule has 0 unspecified atom stereocenters. The topological polar surface area (TPSA) is 46.8 Å². The Kier molecular flexibility index (Phi) is 14.6. The highest BCUT2D eigenvalue weighted by Gasteiger charge is 2.20. The average Bonchev–Trinajstić information content (AvgIpc) is 4.06. The third-order valence-electron chi connectivity index (χ3n) is 15.1. The Hall–Kier alpha value is -9.97. The first-order valence-corrected chi connectivity index (χ1v) is 28.0. The molecule has 0 atom stereocenters. The summed E-state index contributed by atoms with van der Waals surface area (Å²) >= 11 is 0. The van der Waals surface area contributed by atoms with Gasteiger partial charge in [0.05, 0.1) is 11.0 Å². The highest BCUT2D eigenvalue weighted by Crippen LogP contribution is 2.43. The molecule has 0 aliphatic rings. The molecule has 0 radical (unpaired) electrons. The van der Waals surface area contributed by atoms with Gasteiger partial charge in [-0.25, -0.2) is 15.0 Å². The van der Waals surface area contributed by atoms with Crippen molar-refractivity contribution in [1.82, 2.24) is 19.5 Å². The lowest BCUT2D eigenvalue weighted by Gasteiger charge is -2.26. The SMILES string of the molecule is CC.CCc1ccccc1CC.c1ccc(-c2nc(-c3ccccc3)nc(-c3ccc(N(c4ccc(-c5cccc6c5c5ccccc5n6-c5ccccc5)cc4)c4ccc5c6ccccc6c6ccccc6c5c4)cc3)n2)cc1. The van der Waals surface area contributed by atoms with Gasteiger partial charge in [-0.15, -0.1) is 0 Å². The Labute approximate surface area is 468 Å². The van der Waals surface area contributed by atoms with Crippen LogP contribution in [0.1, 0.15) is 38.8 Å². The number of anilines is 3. The van der Waals surface area contributed by atoms with E-state index >= 15 is 0 Å². The van der Waals surface area contributed by atoms with Crippen molar-refractivity contribution in [3.05, 3.63) is 284 Å². The van der Waals surface area contributed by atoms with E-state index in [2.05, 4.69) is 236 Å². The van der Waals surface area contributed by atoms with Gasteiger partial charge >= 0.3 is 0 Å². The highest BCUT2D eigenvalue weighted by atomic mass is 15.1. The highest BCUT2D eigenvalue weighted by molar-refractivity contribution is 6.26. The first kappa shape index (κ1) is 50.8. The van der Waals surface area contributed by atoms with Crippen LogP contribution in [0.5, 0.6) is 0 Å². The first-order valence-electron chi connectivity index (χ1n) is 28.0. The van der Waals surface area contributed by atoms with Crippen molar-refractivity contribution in [2.24, 2.45) is 0 Å². The van der Waals surface area contributed by atoms with Crippen LogP contribution in [0.25, 0.3) is 105 Å². The second-order valence-corrected chi connectivity index (χ2v) is 19.7. The molecule has 2 heterocycles. The summed E-state index contributed by atoms with van der Waals surface area (Å²) in [5, 5.41) is 9.90. The Morgan fingerprint density at radius 1 is 0.312 bits per heavy atom. The predicted octanol–water partition coefficient (Wildman–Crippen LogP) is 20.4. The van der Waals surface area contributed by atoms with Crippen molar-refractivity contribution in [2.75, 3.05) is 4.90 Å². The number of aryl methyl sites for hydroxylation is 2. The molecule has 0 bridgehead atoms. The van der Waals surface area contributed by atoms with Crippen molar-refractivity contribution >= 4 is 71.2 Å². The molecule has 0 fully saturated rings. The largest absolute Gasteiger partial charge is 0.310 e. The van der Waals surface area contributed by atoms with Crippen LogP contribution >= 0.6 is 0 Å². The van der Waals surface area contributed by atoms with E-state index < -0.39 is 0 Å². The maximum Gasteiger partial charge on any atom is 0.164 e. The van der Waals surface area contributed by atoms with Gasteiger partial charge in [0.15, 0.2) is 17.5 Å². The number of hydrogen-bond donors (Lipinski definition) is 0. The normalized spacial score (nSPS) is 11.1. The summed E-state index contributed by atoms with van der Waals surface area (Å²) in [4.78, 5) is 17.4. The Morgan fingerprint density at radius 3 is 1.21 bits per heavy atom. The van der Waals surface area contributed by atoms with E-state index in [1.807, 2.05) is 74.5 Å². The summed E-state index contributed by atoms with van der Waals surface area (Å²) in [7, 11) is 0. The molecule has 0 saturated heterocycles. The maximum absolute atomic E-state index is 5.04. The van der Waals surface area contributed by atoms with Crippen LogP contribution in [0.2, 0.25) is 0 Å². The van der Waals surface area contributed by atoms with E-state index in [1.54, 1.807) is 0 Å². The minimum atomic E-state index is 0.618. The average molecular weight is 1030 g/mol. The zero-order chi connectivity index (χ0) is 54.4. The number of nitrogens with zero attached hydrogens (tertiary/aromatic N) is 5. The van der Waals surface area contributed by atoms with E-state index in [-0.39, 0.29) is 0 Å². The molecule has 0 saturated carbocycles. The summed E-state index contributed by atoms with van der Waals surface area (Å²) in [6, 6.07) is 97.0. The molecule has 12 aromatic carbocycles. The van der Waals surface area contributed by atoms with Gasteiger partial charge in [-0.1, -0.05) is 228 Å². The van der Waals surface area contributed by atoms with E-state index in [0.717, 1.165) is 57.8 Å². The molecule has 0 N–H and O–H groups in total. The Bertz CT molecular complexity index is 4320. The Morgan fingerprint density at radius 2 is 0.700 bits per heavy atom. The quantitative estimate of drug-likeness (QED) is 0.128. The molecule has 5 nitrogen and oxygen atoms in total. The van der Waals surface area contributed by atoms with Crippen molar-refractivity contribution in [1.29, 1.82) is 0 Å². The minimum Gasteiger partial charge on any atom is -0.310 e. The number of aromatic nitrogens is 4. The molecule has 0 amide bonds. The van der Waals surface area contributed by atoms with Gasteiger partial charge in [0.25, 0.3) is 0 Å². The molecule has 80 heavy (non-hydrogen) atoms. The fourth-order valence-electron chi connectivity index (χ4n) is 11.3. The number of rotatable bonds is 10. The van der Waals surface area contributed by atoms with Crippen LogP contribution in [0.4, 0.5) is 17.1 Å². The fraction of sp³-hybridized carbons (Fsp3) is 0.0800.